The van der Waals surface area contributed by atoms with Crippen molar-refractivity contribution >= 4 is 7.85 Å². The molecule has 0 bridgehead atoms. The maximum absolute atomic E-state index is 2.75. The third kappa shape index (κ3) is 5.01. The second-order valence-electron chi connectivity index (χ2n) is 13.4. The summed E-state index contributed by atoms with van der Waals surface area (Å²) in [4.78, 5) is 0. The van der Waals surface area contributed by atoms with Crippen LogP contribution in [0, 0.1) is 58.7 Å². The van der Waals surface area contributed by atoms with Crippen molar-refractivity contribution in [3.63, 3.8) is 0 Å². The van der Waals surface area contributed by atoms with Gasteiger partial charge in [0.25, 0.3) is 0 Å². The fourth-order valence-electron chi connectivity index (χ4n) is 9.53. The fourth-order valence-corrected chi connectivity index (χ4v) is 9.53. The average Bonchev–Trinajstić information content (AvgIpc) is 2.72. The summed E-state index contributed by atoms with van der Waals surface area (Å²) in [5, 5.41) is 0. The van der Waals surface area contributed by atoms with Crippen molar-refractivity contribution in [2.75, 3.05) is 0 Å². The van der Waals surface area contributed by atoms with E-state index < -0.39 is 0 Å². The van der Waals surface area contributed by atoms with Crippen LogP contribution in [0.1, 0.15) is 118 Å². The summed E-state index contributed by atoms with van der Waals surface area (Å²) in [5.41, 5.74) is 0.780. The predicted molar refractivity (Wildman–Crippen MR) is 135 cm³/mol. The molecule has 9 atom stereocenters. The minimum atomic E-state index is 0.780. The quantitative estimate of drug-likeness (QED) is 0.386. The molecule has 0 N–H and O–H groups in total. The van der Waals surface area contributed by atoms with E-state index in [2.05, 4.69) is 35.5 Å². The Hall–Kier alpha value is 0.0649. The van der Waals surface area contributed by atoms with Crippen LogP contribution in [0.2, 0.25) is 6.32 Å². The summed E-state index contributed by atoms with van der Waals surface area (Å²) < 4.78 is 0. The molecule has 4 aliphatic carbocycles. The lowest BCUT2D eigenvalue weighted by Gasteiger charge is -2.54. The van der Waals surface area contributed by atoms with Crippen LogP contribution >= 0.6 is 0 Å². The van der Waals surface area contributed by atoms with Gasteiger partial charge in [-0.25, -0.2) is 0 Å². The third-order valence-corrected chi connectivity index (χ3v) is 11.2. The van der Waals surface area contributed by atoms with Crippen LogP contribution < -0.4 is 0 Å². The van der Waals surface area contributed by atoms with E-state index in [4.69, 9.17) is 0 Å². The van der Waals surface area contributed by atoms with Gasteiger partial charge in [0.15, 0.2) is 0 Å². The standard InChI is InChI=1S/C29H53B/c1-20-8-5-11-26(14-20)28(22(3)25-10-6-9-24(16-25)19-30)23(4)27-15-21(2)17-29(18-27)12-7-13-29/h20-28H,5-19,30H2,1-4H3/t20?,21?,22-,23+,24?,25?,26?,27?,28?/m1/s1. The zero-order valence-corrected chi connectivity index (χ0v) is 21.3. The Bertz CT molecular complexity index is 536. The Morgan fingerprint density at radius 2 is 1.40 bits per heavy atom. The maximum Gasteiger partial charge on any atom is 0.101 e. The number of rotatable bonds is 6. The molecule has 0 radical (unpaired) electrons. The first-order chi connectivity index (χ1) is 14.4. The maximum atomic E-state index is 2.75. The first kappa shape index (κ1) is 23.2. The van der Waals surface area contributed by atoms with Crippen LogP contribution in [0.4, 0.5) is 0 Å². The van der Waals surface area contributed by atoms with Gasteiger partial charge in [0, 0.05) is 0 Å². The number of hydrogen-bond acceptors (Lipinski definition) is 0. The molecular formula is C29H53B. The zero-order valence-electron chi connectivity index (χ0n) is 21.3. The fraction of sp³-hybridized carbons (Fsp3) is 1.00. The predicted octanol–water partition coefficient (Wildman–Crippen LogP) is 8.17. The molecule has 4 saturated carbocycles. The Labute approximate surface area is 190 Å². The highest BCUT2D eigenvalue weighted by atomic mass is 14.5. The minimum absolute atomic E-state index is 0.780. The molecule has 4 fully saturated rings. The molecule has 1 heteroatoms. The molecule has 7 unspecified atom stereocenters. The molecule has 0 aromatic heterocycles. The van der Waals surface area contributed by atoms with E-state index in [1.165, 1.54) is 57.7 Å². The molecule has 0 saturated heterocycles. The third-order valence-electron chi connectivity index (χ3n) is 11.2. The van der Waals surface area contributed by atoms with E-state index >= 15 is 0 Å². The second-order valence-corrected chi connectivity index (χ2v) is 13.4. The molecule has 172 valence electrons. The van der Waals surface area contributed by atoms with Crippen LogP contribution in [0.3, 0.4) is 0 Å². The van der Waals surface area contributed by atoms with Gasteiger partial charge < -0.3 is 0 Å². The minimum Gasteiger partial charge on any atom is -0.0783 e. The zero-order chi connectivity index (χ0) is 21.3. The van der Waals surface area contributed by atoms with Gasteiger partial charge in [0.05, 0.1) is 0 Å². The van der Waals surface area contributed by atoms with Crippen molar-refractivity contribution in [1.82, 2.24) is 0 Å². The lowest BCUT2D eigenvalue weighted by Crippen LogP contribution is -2.44. The smallest absolute Gasteiger partial charge is 0.0783 e. The van der Waals surface area contributed by atoms with Crippen molar-refractivity contribution in [3.05, 3.63) is 0 Å². The van der Waals surface area contributed by atoms with Gasteiger partial charge in [-0.15, -0.1) is 0 Å². The van der Waals surface area contributed by atoms with E-state index in [-0.39, 0.29) is 0 Å². The molecule has 0 aromatic carbocycles. The molecule has 0 nitrogen and oxygen atoms in total. The van der Waals surface area contributed by atoms with Gasteiger partial charge in [0.2, 0.25) is 0 Å². The molecule has 0 amide bonds. The van der Waals surface area contributed by atoms with E-state index in [1.54, 1.807) is 38.5 Å². The van der Waals surface area contributed by atoms with Gasteiger partial charge in [-0.3, -0.25) is 0 Å². The van der Waals surface area contributed by atoms with E-state index in [0.717, 1.165) is 58.7 Å². The molecule has 4 aliphatic rings. The van der Waals surface area contributed by atoms with Gasteiger partial charge >= 0.3 is 0 Å². The average molecular weight is 413 g/mol. The van der Waals surface area contributed by atoms with Crippen LogP contribution in [0.25, 0.3) is 0 Å². The second kappa shape index (κ2) is 9.91. The largest absolute Gasteiger partial charge is 0.101 e. The van der Waals surface area contributed by atoms with Crippen molar-refractivity contribution in [3.8, 4) is 0 Å². The Balaban J connectivity index is 1.53. The first-order valence-electron chi connectivity index (χ1n) is 14.4. The summed E-state index contributed by atoms with van der Waals surface area (Å²) >= 11 is 0. The molecule has 0 aliphatic heterocycles. The van der Waals surface area contributed by atoms with Crippen LogP contribution in [0.15, 0.2) is 0 Å². The van der Waals surface area contributed by atoms with Crippen molar-refractivity contribution in [2.45, 2.75) is 124 Å². The van der Waals surface area contributed by atoms with Crippen LogP contribution in [-0.2, 0) is 0 Å². The topological polar surface area (TPSA) is 0 Å². The summed E-state index contributed by atoms with van der Waals surface area (Å²) in [6.45, 7) is 10.6. The van der Waals surface area contributed by atoms with E-state index in [9.17, 15) is 0 Å². The van der Waals surface area contributed by atoms with Gasteiger partial charge in [-0.05, 0) is 104 Å². The molecule has 0 aromatic rings. The summed E-state index contributed by atoms with van der Waals surface area (Å²) in [7, 11) is 2.45. The van der Waals surface area contributed by atoms with Crippen molar-refractivity contribution in [1.29, 1.82) is 0 Å². The monoisotopic (exact) mass is 412 g/mol. The SMILES string of the molecule is BCC1CCCC([C@@H](C)C(C2CCCC(C)C2)[C@@H](C)C2CC(C)CC3(CCC3)C2)C1. The highest BCUT2D eigenvalue weighted by Crippen LogP contribution is 2.58. The Kier molecular flexibility index (Phi) is 7.67. The van der Waals surface area contributed by atoms with Crippen molar-refractivity contribution in [2.24, 2.45) is 58.7 Å². The van der Waals surface area contributed by atoms with Crippen molar-refractivity contribution < 1.29 is 0 Å². The summed E-state index contributed by atoms with van der Waals surface area (Å²) in [6.07, 6.45) is 22.9. The van der Waals surface area contributed by atoms with E-state index in [0.29, 0.717) is 0 Å². The van der Waals surface area contributed by atoms with E-state index in [1.807, 2.05) is 0 Å². The molecule has 0 heterocycles. The molecule has 4 rings (SSSR count). The van der Waals surface area contributed by atoms with Gasteiger partial charge in [-0.2, -0.15) is 0 Å². The molecule has 1 spiro atoms. The molecular weight excluding hydrogens is 359 g/mol. The Morgan fingerprint density at radius 3 is 2.07 bits per heavy atom. The van der Waals surface area contributed by atoms with Crippen LogP contribution in [-0.4, -0.2) is 7.85 Å². The summed E-state index contributed by atoms with van der Waals surface area (Å²) in [5.74, 6) is 8.96. The summed E-state index contributed by atoms with van der Waals surface area (Å²) in [6, 6.07) is 0. The number of hydrogen-bond donors (Lipinski definition) is 0. The van der Waals surface area contributed by atoms with Crippen LogP contribution in [0.5, 0.6) is 0 Å². The normalized spacial score (nSPS) is 42.3. The van der Waals surface area contributed by atoms with Gasteiger partial charge in [0.1, 0.15) is 7.85 Å². The van der Waals surface area contributed by atoms with Gasteiger partial charge in [-0.1, -0.05) is 79.0 Å². The lowest BCUT2D eigenvalue weighted by atomic mass is 9.52. The highest BCUT2D eigenvalue weighted by Gasteiger charge is 2.47. The first-order valence-corrected chi connectivity index (χ1v) is 14.4. The lowest BCUT2D eigenvalue weighted by molar-refractivity contribution is -0.0329. The Morgan fingerprint density at radius 1 is 0.733 bits per heavy atom. The highest BCUT2D eigenvalue weighted by molar-refractivity contribution is 6.08. The molecule has 30 heavy (non-hydrogen) atoms.